The van der Waals surface area contributed by atoms with E-state index in [1.54, 1.807) is 43.1 Å². The third-order valence-corrected chi connectivity index (χ3v) is 3.75. The van der Waals surface area contributed by atoms with Gasteiger partial charge in [-0.3, -0.25) is 9.59 Å². The van der Waals surface area contributed by atoms with E-state index in [2.05, 4.69) is 0 Å². The fraction of sp³-hybridized carbons (Fsp3) is 0.467. The molecule has 5 nitrogen and oxygen atoms in total. The Morgan fingerprint density at radius 3 is 2.55 bits per heavy atom. The minimum Gasteiger partial charge on any atom is -0.394 e. The van der Waals surface area contributed by atoms with Crippen LogP contribution in [0.2, 0.25) is 0 Å². The molecule has 0 aromatic heterocycles. The highest BCUT2D eigenvalue weighted by molar-refractivity contribution is 5.97. The lowest BCUT2D eigenvalue weighted by Crippen LogP contribution is -2.37. The monoisotopic (exact) mass is 276 g/mol. The van der Waals surface area contributed by atoms with E-state index in [4.69, 9.17) is 5.11 Å². The van der Waals surface area contributed by atoms with Crippen LogP contribution in [-0.2, 0) is 4.79 Å². The van der Waals surface area contributed by atoms with Crippen LogP contribution in [0, 0.1) is 0 Å². The quantitative estimate of drug-likeness (QED) is 0.900. The topological polar surface area (TPSA) is 60.9 Å². The lowest BCUT2D eigenvalue weighted by Gasteiger charge is -2.23. The molecule has 1 fully saturated rings. The van der Waals surface area contributed by atoms with Crippen molar-refractivity contribution >= 4 is 17.5 Å². The summed E-state index contributed by atoms with van der Waals surface area (Å²) in [6.45, 7) is 2.46. The molecule has 0 spiro atoms. The Labute approximate surface area is 118 Å². The molecule has 1 unspecified atom stereocenters. The molecule has 1 N–H and O–H groups in total. The van der Waals surface area contributed by atoms with Gasteiger partial charge in [0.15, 0.2) is 0 Å². The molecule has 2 amide bonds. The highest BCUT2D eigenvalue weighted by Crippen LogP contribution is 2.22. The fourth-order valence-electron chi connectivity index (χ4n) is 2.23. The SMILES string of the molecule is CC(CO)N(C)C(=O)c1ccc(N2CCCC2=O)cc1. The van der Waals surface area contributed by atoms with Crippen LogP contribution < -0.4 is 4.90 Å². The van der Waals surface area contributed by atoms with Crippen molar-refractivity contribution in [2.75, 3.05) is 25.1 Å². The van der Waals surface area contributed by atoms with Crippen LogP contribution in [0.3, 0.4) is 0 Å². The molecule has 5 heteroatoms. The van der Waals surface area contributed by atoms with E-state index in [1.165, 1.54) is 4.90 Å². The molecule has 2 rings (SSSR count). The molecule has 1 aliphatic rings. The molecular weight excluding hydrogens is 256 g/mol. The van der Waals surface area contributed by atoms with Gasteiger partial charge in [0.2, 0.25) is 5.91 Å². The van der Waals surface area contributed by atoms with E-state index in [0.717, 1.165) is 18.7 Å². The number of likely N-dealkylation sites (N-methyl/N-ethyl adjacent to an activating group) is 1. The number of rotatable bonds is 4. The normalized spacial score (nSPS) is 16.4. The number of carbonyl (C=O) groups excluding carboxylic acids is 2. The summed E-state index contributed by atoms with van der Waals surface area (Å²) in [5.41, 5.74) is 1.39. The number of aliphatic hydroxyl groups is 1. The minimum atomic E-state index is -0.220. The lowest BCUT2D eigenvalue weighted by atomic mass is 10.1. The van der Waals surface area contributed by atoms with Gasteiger partial charge in [-0.2, -0.15) is 0 Å². The summed E-state index contributed by atoms with van der Waals surface area (Å²) in [6, 6.07) is 6.83. The van der Waals surface area contributed by atoms with Crippen molar-refractivity contribution in [3.05, 3.63) is 29.8 Å². The minimum absolute atomic E-state index is 0.0669. The van der Waals surface area contributed by atoms with Crippen LogP contribution in [-0.4, -0.2) is 48.1 Å². The molecule has 108 valence electrons. The fourth-order valence-corrected chi connectivity index (χ4v) is 2.23. The Bertz CT molecular complexity index is 498. The van der Waals surface area contributed by atoms with Crippen molar-refractivity contribution in [1.29, 1.82) is 0 Å². The number of carbonyl (C=O) groups is 2. The number of benzene rings is 1. The van der Waals surface area contributed by atoms with Gasteiger partial charge in [0.25, 0.3) is 5.91 Å². The van der Waals surface area contributed by atoms with Gasteiger partial charge in [0.1, 0.15) is 0 Å². The molecule has 20 heavy (non-hydrogen) atoms. The first kappa shape index (κ1) is 14.5. The van der Waals surface area contributed by atoms with Gasteiger partial charge in [0.05, 0.1) is 12.6 Å². The molecule has 0 aliphatic carbocycles. The number of anilines is 1. The predicted molar refractivity (Wildman–Crippen MR) is 76.7 cm³/mol. The standard InChI is InChI=1S/C15H20N2O3/c1-11(10-18)16(2)15(20)12-5-7-13(8-6-12)17-9-3-4-14(17)19/h5-8,11,18H,3-4,9-10H2,1-2H3. The van der Waals surface area contributed by atoms with Crippen molar-refractivity contribution in [2.45, 2.75) is 25.8 Å². The molecule has 1 saturated heterocycles. The van der Waals surface area contributed by atoms with Gasteiger partial charge < -0.3 is 14.9 Å². The van der Waals surface area contributed by atoms with Crippen molar-refractivity contribution in [3.63, 3.8) is 0 Å². The van der Waals surface area contributed by atoms with Crippen molar-refractivity contribution in [1.82, 2.24) is 4.90 Å². The Morgan fingerprint density at radius 1 is 1.40 bits per heavy atom. The van der Waals surface area contributed by atoms with Crippen LogP contribution in [0.15, 0.2) is 24.3 Å². The molecule has 1 aromatic carbocycles. The molecule has 0 saturated carbocycles. The molecule has 1 aromatic rings. The van der Waals surface area contributed by atoms with E-state index < -0.39 is 0 Å². The number of nitrogens with zero attached hydrogens (tertiary/aromatic N) is 2. The predicted octanol–water partition coefficient (Wildman–Crippen LogP) is 1.27. The number of hydrogen-bond acceptors (Lipinski definition) is 3. The van der Waals surface area contributed by atoms with Crippen LogP contribution in [0.4, 0.5) is 5.69 Å². The summed E-state index contributed by atoms with van der Waals surface area (Å²) >= 11 is 0. The van der Waals surface area contributed by atoms with E-state index in [0.29, 0.717) is 12.0 Å². The highest BCUT2D eigenvalue weighted by Gasteiger charge is 2.22. The van der Waals surface area contributed by atoms with Gasteiger partial charge >= 0.3 is 0 Å². The lowest BCUT2D eigenvalue weighted by molar-refractivity contribution is -0.117. The summed E-state index contributed by atoms with van der Waals surface area (Å²) in [7, 11) is 1.67. The van der Waals surface area contributed by atoms with Crippen LogP contribution in [0.1, 0.15) is 30.1 Å². The van der Waals surface area contributed by atoms with Crippen molar-refractivity contribution in [3.8, 4) is 0 Å². The Balaban J connectivity index is 2.12. The van der Waals surface area contributed by atoms with E-state index in [-0.39, 0.29) is 24.5 Å². The summed E-state index contributed by atoms with van der Waals surface area (Å²) in [6.07, 6.45) is 1.48. The Morgan fingerprint density at radius 2 is 2.05 bits per heavy atom. The Kier molecular flexibility index (Phi) is 4.39. The summed E-state index contributed by atoms with van der Waals surface area (Å²) < 4.78 is 0. The van der Waals surface area contributed by atoms with E-state index in [1.807, 2.05) is 0 Å². The van der Waals surface area contributed by atoms with Crippen molar-refractivity contribution in [2.24, 2.45) is 0 Å². The third-order valence-electron chi connectivity index (χ3n) is 3.75. The van der Waals surface area contributed by atoms with E-state index >= 15 is 0 Å². The molecular formula is C15H20N2O3. The second-order valence-electron chi connectivity index (χ2n) is 5.14. The molecule has 0 radical (unpaired) electrons. The molecule has 1 aliphatic heterocycles. The molecule has 1 heterocycles. The first-order valence-corrected chi connectivity index (χ1v) is 6.83. The second kappa shape index (κ2) is 6.05. The van der Waals surface area contributed by atoms with Gasteiger partial charge in [-0.1, -0.05) is 0 Å². The van der Waals surface area contributed by atoms with Gasteiger partial charge in [-0.05, 0) is 37.6 Å². The third kappa shape index (κ3) is 2.82. The average Bonchev–Trinajstić information content (AvgIpc) is 2.91. The summed E-state index contributed by atoms with van der Waals surface area (Å²) in [4.78, 5) is 27.1. The van der Waals surface area contributed by atoms with Gasteiger partial charge in [-0.25, -0.2) is 0 Å². The highest BCUT2D eigenvalue weighted by atomic mass is 16.3. The van der Waals surface area contributed by atoms with Crippen LogP contribution in [0.5, 0.6) is 0 Å². The number of amides is 2. The molecule has 1 atom stereocenters. The maximum Gasteiger partial charge on any atom is 0.253 e. The summed E-state index contributed by atoms with van der Waals surface area (Å²) in [5.74, 6) is 0.000876. The second-order valence-corrected chi connectivity index (χ2v) is 5.14. The van der Waals surface area contributed by atoms with Crippen LogP contribution in [0.25, 0.3) is 0 Å². The van der Waals surface area contributed by atoms with Crippen molar-refractivity contribution < 1.29 is 14.7 Å². The first-order valence-electron chi connectivity index (χ1n) is 6.83. The maximum atomic E-state index is 12.2. The van der Waals surface area contributed by atoms with Crippen LogP contribution >= 0.6 is 0 Å². The summed E-state index contributed by atoms with van der Waals surface area (Å²) in [5, 5.41) is 9.08. The number of aliphatic hydroxyl groups excluding tert-OH is 1. The Hall–Kier alpha value is -1.88. The smallest absolute Gasteiger partial charge is 0.253 e. The average molecular weight is 276 g/mol. The zero-order valence-electron chi connectivity index (χ0n) is 11.9. The first-order chi connectivity index (χ1) is 9.54. The zero-order chi connectivity index (χ0) is 14.7. The molecule has 0 bridgehead atoms. The zero-order valence-corrected chi connectivity index (χ0v) is 11.9. The maximum absolute atomic E-state index is 12.2. The largest absolute Gasteiger partial charge is 0.394 e. The van der Waals surface area contributed by atoms with E-state index in [9.17, 15) is 9.59 Å². The number of hydrogen-bond donors (Lipinski definition) is 1. The van der Waals surface area contributed by atoms with Gasteiger partial charge in [-0.15, -0.1) is 0 Å². The van der Waals surface area contributed by atoms with Gasteiger partial charge in [0, 0.05) is 31.3 Å².